The van der Waals surface area contributed by atoms with E-state index in [1.807, 2.05) is 0 Å². The van der Waals surface area contributed by atoms with Crippen LogP contribution >= 0.6 is 0 Å². The van der Waals surface area contributed by atoms with E-state index < -0.39 is 0 Å². The molecule has 0 aliphatic heterocycles. The minimum Gasteiger partial charge on any atom is -0.494 e. The number of esters is 1. The van der Waals surface area contributed by atoms with Crippen LogP contribution in [0.5, 0.6) is 11.5 Å². The molecule has 1 aromatic rings. The van der Waals surface area contributed by atoms with Gasteiger partial charge in [-0.15, -0.1) is 0 Å². The van der Waals surface area contributed by atoms with Gasteiger partial charge in [-0.1, -0.05) is 20.8 Å². The van der Waals surface area contributed by atoms with E-state index in [4.69, 9.17) is 14.2 Å². The van der Waals surface area contributed by atoms with Crippen molar-refractivity contribution in [1.82, 2.24) is 0 Å². The second-order valence-corrected chi connectivity index (χ2v) is 6.89. The number of hydrogen-bond donors (Lipinski definition) is 1. The third-order valence-corrected chi connectivity index (χ3v) is 3.17. The lowest BCUT2D eigenvalue weighted by Crippen LogP contribution is -2.16. The molecule has 144 valence electrons. The van der Waals surface area contributed by atoms with Gasteiger partial charge in [0.2, 0.25) is 5.91 Å². The van der Waals surface area contributed by atoms with Gasteiger partial charge in [0.25, 0.3) is 0 Å². The first kappa shape index (κ1) is 21.5. The lowest BCUT2D eigenvalue weighted by Gasteiger charge is -2.14. The van der Waals surface area contributed by atoms with E-state index in [1.54, 1.807) is 24.4 Å². The minimum absolute atomic E-state index is 0.0554. The van der Waals surface area contributed by atoms with Crippen molar-refractivity contribution in [3.05, 3.63) is 18.2 Å². The summed E-state index contributed by atoms with van der Waals surface area (Å²) in [7, 11) is 1.51. The number of aliphatic imine (C=N–C) groups is 1. The van der Waals surface area contributed by atoms with Gasteiger partial charge in [0.1, 0.15) is 31.3 Å². The molecule has 0 saturated heterocycles. The summed E-state index contributed by atoms with van der Waals surface area (Å²) in [5, 5.41) is 2.77. The first-order valence-corrected chi connectivity index (χ1v) is 8.43. The zero-order valence-corrected chi connectivity index (χ0v) is 16.1. The van der Waals surface area contributed by atoms with Gasteiger partial charge >= 0.3 is 5.97 Å². The molecule has 7 nitrogen and oxygen atoms in total. The van der Waals surface area contributed by atoms with E-state index in [1.165, 1.54) is 14.0 Å². The van der Waals surface area contributed by atoms with Crippen LogP contribution in [0.2, 0.25) is 0 Å². The summed E-state index contributed by atoms with van der Waals surface area (Å²) >= 11 is 0. The normalized spacial score (nSPS) is 11.3. The molecule has 7 heteroatoms. The topological polar surface area (TPSA) is 86.2 Å². The fraction of sp³-hybridized carbons (Fsp3) is 0.526. The first-order chi connectivity index (χ1) is 12.2. The maximum atomic E-state index is 12.0. The van der Waals surface area contributed by atoms with E-state index in [0.717, 1.165) is 6.42 Å². The number of carbonyl (C=O) groups is 2. The Hall–Kier alpha value is -2.57. The summed E-state index contributed by atoms with van der Waals surface area (Å²) in [6.07, 6.45) is 2.58. The van der Waals surface area contributed by atoms with Gasteiger partial charge < -0.3 is 19.5 Å². The summed E-state index contributed by atoms with van der Waals surface area (Å²) in [6, 6.07) is 5.05. The van der Waals surface area contributed by atoms with Crippen molar-refractivity contribution < 1.29 is 23.8 Å². The van der Waals surface area contributed by atoms with Crippen LogP contribution in [0.3, 0.4) is 0 Å². The molecule has 0 aromatic heterocycles. The Balaban J connectivity index is 2.55. The van der Waals surface area contributed by atoms with Gasteiger partial charge in [0, 0.05) is 13.0 Å². The molecule has 1 aromatic carbocycles. The third kappa shape index (κ3) is 9.05. The third-order valence-electron chi connectivity index (χ3n) is 3.17. The molecular weight excluding hydrogens is 336 g/mol. The number of hydrogen-bond acceptors (Lipinski definition) is 6. The van der Waals surface area contributed by atoms with E-state index in [-0.39, 0.29) is 37.0 Å². The number of anilines is 1. The highest BCUT2D eigenvalue weighted by Gasteiger charge is 2.10. The minimum atomic E-state index is -0.352. The van der Waals surface area contributed by atoms with E-state index in [0.29, 0.717) is 17.2 Å². The lowest BCUT2D eigenvalue weighted by molar-refractivity contribution is -0.141. The van der Waals surface area contributed by atoms with Crippen molar-refractivity contribution in [1.29, 1.82) is 0 Å². The molecule has 0 atom stereocenters. The van der Waals surface area contributed by atoms with Crippen LogP contribution in [0.4, 0.5) is 5.69 Å². The zero-order valence-electron chi connectivity index (χ0n) is 16.1. The van der Waals surface area contributed by atoms with Gasteiger partial charge in [-0.05, 0) is 30.2 Å². The molecule has 1 amide bonds. The van der Waals surface area contributed by atoms with E-state index in [2.05, 4.69) is 31.1 Å². The number of nitrogens with zero attached hydrogens (tertiary/aromatic N) is 1. The van der Waals surface area contributed by atoms with Crippen molar-refractivity contribution in [3.8, 4) is 11.5 Å². The number of methoxy groups -OCH3 is 1. The lowest BCUT2D eigenvalue weighted by atomic mass is 9.93. The first-order valence-electron chi connectivity index (χ1n) is 8.43. The highest BCUT2D eigenvalue weighted by Crippen LogP contribution is 2.29. The molecular formula is C19H28N2O5. The van der Waals surface area contributed by atoms with Gasteiger partial charge in [0.15, 0.2) is 0 Å². The fourth-order valence-corrected chi connectivity index (χ4v) is 1.89. The number of ether oxygens (including phenoxy) is 3. The Morgan fingerprint density at radius 2 is 1.96 bits per heavy atom. The number of benzene rings is 1. The van der Waals surface area contributed by atoms with Crippen LogP contribution in [-0.2, 0) is 14.3 Å². The maximum absolute atomic E-state index is 12.0. The van der Waals surface area contributed by atoms with E-state index >= 15 is 0 Å². The molecule has 0 aliphatic rings. The number of amides is 1. The summed E-state index contributed by atoms with van der Waals surface area (Å²) in [4.78, 5) is 26.8. The Morgan fingerprint density at radius 3 is 2.58 bits per heavy atom. The highest BCUT2D eigenvalue weighted by atomic mass is 16.6. The molecule has 0 aliphatic carbocycles. The average Bonchev–Trinajstić information content (AvgIpc) is 2.55. The second kappa shape index (κ2) is 10.4. The van der Waals surface area contributed by atoms with Crippen molar-refractivity contribution in [2.75, 3.05) is 32.2 Å². The maximum Gasteiger partial charge on any atom is 0.302 e. The summed E-state index contributed by atoms with van der Waals surface area (Å²) < 4.78 is 15.6. The summed E-state index contributed by atoms with van der Waals surface area (Å²) in [5.74, 6) is 0.448. The van der Waals surface area contributed by atoms with Crippen LogP contribution in [0.1, 0.15) is 34.1 Å². The molecule has 1 N–H and O–H groups in total. The van der Waals surface area contributed by atoms with Gasteiger partial charge in [0.05, 0.1) is 12.8 Å². The summed E-state index contributed by atoms with van der Waals surface area (Å²) in [6.45, 7) is 8.13. The van der Waals surface area contributed by atoms with Crippen molar-refractivity contribution in [2.24, 2.45) is 10.4 Å². The Kier molecular flexibility index (Phi) is 8.61. The number of carbonyl (C=O) groups excluding carboxylic acids is 2. The fourth-order valence-electron chi connectivity index (χ4n) is 1.89. The molecule has 0 fully saturated rings. The standard InChI is InChI=1S/C19H28N2O5/c1-14(22)25-10-11-26-15-6-7-16(17(12-15)24-5)21-18(23)13-20-9-8-19(2,3)4/h6-7,9,12H,8,10-11,13H2,1-5H3,(H,21,23). The van der Waals surface area contributed by atoms with Crippen molar-refractivity contribution in [3.63, 3.8) is 0 Å². The zero-order chi connectivity index (χ0) is 19.6. The number of rotatable bonds is 9. The Bertz CT molecular complexity index is 635. The quantitative estimate of drug-likeness (QED) is 0.413. The average molecular weight is 364 g/mol. The van der Waals surface area contributed by atoms with Crippen LogP contribution in [0, 0.1) is 5.41 Å². The predicted octanol–water partition coefficient (Wildman–Crippen LogP) is 3.08. The van der Waals surface area contributed by atoms with Crippen LogP contribution in [0.25, 0.3) is 0 Å². The molecule has 1 rings (SSSR count). The van der Waals surface area contributed by atoms with Crippen molar-refractivity contribution in [2.45, 2.75) is 34.1 Å². The molecule has 0 radical (unpaired) electrons. The van der Waals surface area contributed by atoms with Crippen LogP contribution < -0.4 is 14.8 Å². The smallest absolute Gasteiger partial charge is 0.302 e. The largest absolute Gasteiger partial charge is 0.494 e. The Labute approximate surface area is 154 Å². The summed E-state index contributed by atoms with van der Waals surface area (Å²) in [5.41, 5.74) is 0.685. The van der Waals surface area contributed by atoms with Gasteiger partial charge in [-0.3, -0.25) is 14.6 Å². The number of nitrogens with one attached hydrogen (secondary N) is 1. The SMILES string of the molecule is COc1cc(OCCOC(C)=O)ccc1NC(=O)CN=CCC(C)(C)C. The highest BCUT2D eigenvalue weighted by molar-refractivity contribution is 5.94. The molecule has 0 spiro atoms. The molecule has 0 bridgehead atoms. The molecule has 0 heterocycles. The predicted molar refractivity (Wildman–Crippen MR) is 101 cm³/mol. The van der Waals surface area contributed by atoms with Gasteiger partial charge in [-0.25, -0.2) is 0 Å². The van der Waals surface area contributed by atoms with Crippen LogP contribution in [0.15, 0.2) is 23.2 Å². The molecule has 0 saturated carbocycles. The van der Waals surface area contributed by atoms with Gasteiger partial charge in [-0.2, -0.15) is 0 Å². The molecule has 26 heavy (non-hydrogen) atoms. The van der Waals surface area contributed by atoms with Crippen LogP contribution in [-0.4, -0.2) is 45.0 Å². The monoisotopic (exact) mass is 364 g/mol. The second-order valence-electron chi connectivity index (χ2n) is 6.89. The molecule has 0 unspecified atom stereocenters. The Morgan fingerprint density at radius 1 is 1.23 bits per heavy atom. The van der Waals surface area contributed by atoms with Crippen molar-refractivity contribution >= 4 is 23.8 Å². The van der Waals surface area contributed by atoms with E-state index in [9.17, 15) is 9.59 Å².